The van der Waals surface area contributed by atoms with Crippen LogP contribution in [0.15, 0.2) is 30.0 Å². The van der Waals surface area contributed by atoms with Crippen molar-refractivity contribution in [2.75, 3.05) is 18.0 Å². The molecule has 2 heterocycles. The molecule has 1 aromatic heterocycles. The second-order valence-electron chi connectivity index (χ2n) is 4.10. The first-order valence-corrected chi connectivity index (χ1v) is 5.57. The zero-order chi connectivity index (χ0) is 13.2. The fraction of sp³-hybridized carbons (Fsp3) is 0.417. The highest BCUT2D eigenvalue weighted by molar-refractivity contribution is 5.43. The number of alkyl halides is 3. The molecule has 0 bridgehead atoms. The standard InChI is InChI=1S/C12H13F3N2O/c13-12(14,15)10-2-5-17(6-3-10)11-7-9(8-18)1-4-16-11/h1-2,4,7,18H,3,5-6,8H2. The first-order chi connectivity index (χ1) is 8.50. The minimum Gasteiger partial charge on any atom is -0.392 e. The molecule has 0 fully saturated rings. The van der Waals surface area contributed by atoms with Gasteiger partial charge in [0.05, 0.1) is 6.61 Å². The Morgan fingerprint density at radius 1 is 1.39 bits per heavy atom. The highest BCUT2D eigenvalue weighted by Crippen LogP contribution is 2.31. The Morgan fingerprint density at radius 3 is 2.72 bits per heavy atom. The fourth-order valence-corrected chi connectivity index (χ4v) is 1.87. The monoisotopic (exact) mass is 258 g/mol. The van der Waals surface area contributed by atoms with E-state index in [0.717, 1.165) is 0 Å². The van der Waals surface area contributed by atoms with Crippen LogP contribution in [0, 0.1) is 0 Å². The Labute approximate surface area is 103 Å². The number of anilines is 1. The summed E-state index contributed by atoms with van der Waals surface area (Å²) in [5.41, 5.74) is 0.225. The molecule has 0 amide bonds. The van der Waals surface area contributed by atoms with Gasteiger partial charge in [-0.1, -0.05) is 6.08 Å². The van der Waals surface area contributed by atoms with E-state index in [0.29, 0.717) is 11.4 Å². The van der Waals surface area contributed by atoms with Gasteiger partial charge in [0, 0.05) is 24.9 Å². The van der Waals surface area contributed by atoms with Gasteiger partial charge in [-0.05, 0) is 24.1 Å². The van der Waals surface area contributed by atoms with Crippen LogP contribution in [0.4, 0.5) is 19.0 Å². The lowest BCUT2D eigenvalue weighted by atomic mass is 10.1. The number of hydrogen-bond acceptors (Lipinski definition) is 3. The van der Waals surface area contributed by atoms with Gasteiger partial charge in [-0.15, -0.1) is 0 Å². The van der Waals surface area contributed by atoms with E-state index in [4.69, 9.17) is 5.11 Å². The third-order valence-electron chi connectivity index (χ3n) is 2.89. The molecule has 18 heavy (non-hydrogen) atoms. The van der Waals surface area contributed by atoms with E-state index in [1.807, 2.05) is 0 Å². The molecular formula is C12H13F3N2O. The van der Waals surface area contributed by atoms with Gasteiger partial charge < -0.3 is 10.0 Å². The van der Waals surface area contributed by atoms with Crippen LogP contribution >= 0.6 is 0 Å². The minimum atomic E-state index is -4.23. The molecule has 1 N–H and O–H groups in total. The summed E-state index contributed by atoms with van der Waals surface area (Å²) in [7, 11) is 0. The Bertz CT molecular complexity index is 457. The quantitative estimate of drug-likeness (QED) is 0.827. The molecule has 0 radical (unpaired) electrons. The molecule has 6 heteroatoms. The average Bonchev–Trinajstić information content (AvgIpc) is 2.38. The summed E-state index contributed by atoms with van der Waals surface area (Å²) < 4.78 is 37.4. The molecule has 2 rings (SSSR count). The number of pyridine rings is 1. The number of aromatic nitrogens is 1. The van der Waals surface area contributed by atoms with Gasteiger partial charge in [0.15, 0.2) is 0 Å². The van der Waals surface area contributed by atoms with Crippen molar-refractivity contribution in [2.45, 2.75) is 19.2 Å². The summed E-state index contributed by atoms with van der Waals surface area (Å²) in [6, 6.07) is 3.36. The largest absolute Gasteiger partial charge is 0.412 e. The lowest BCUT2D eigenvalue weighted by Gasteiger charge is -2.28. The molecule has 98 valence electrons. The van der Waals surface area contributed by atoms with E-state index in [-0.39, 0.29) is 26.1 Å². The molecule has 1 aliphatic rings. The first-order valence-electron chi connectivity index (χ1n) is 5.57. The van der Waals surface area contributed by atoms with E-state index in [1.165, 1.54) is 6.08 Å². The summed E-state index contributed by atoms with van der Waals surface area (Å²) >= 11 is 0. The smallest absolute Gasteiger partial charge is 0.392 e. The molecule has 0 unspecified atom stereocenters. The van der Waals surface area contributed by atoms with Crippen molar-refractivity contribution >= 4 is 5.82 Å². The van der Waals surface area contributed by atoms with Gasteiger partial charge in [-0.2, -0.15) is 13.2 Å². The fourth-order valence-electron chi connectivity index (χ4n) is 1.87. The number of rotatable bonds is 2. The van der Waals surface area contributed by atoms with Gasteiger partial charge in [0.1, 0.15) is 5.82 Å². The Hall–Kier alpha value is -1.56. The lowest BCUT2D eigenvalue weighted by molar-refractivity contribution is -0.0944. The zero-order valence-electron chi connectivity index (χ0n) is 9.61. The Kier molecular flexibility index (Phi) is 3.56. The van der Waals surface area contributed by atoms with Crippen LogP contribution < -0.4 is 4.90 Å². The number of halogens is 3. The molecular weight excluding hydrogens is 245 g/mol. The van der Waals surface area contributed by atoms with Gasteiger partial charge in [0.2, 0.25) is 0 Å². The van der Waals surface area contributed by atoms with Crippen molar-refractivity contribution in [3.8, 4) is 0 Å². The summed E-state index contributed by atoms with van der Waals surface area (Å²) in [5.74, 6) is 0.596. The third kappa shape index (κ3) is 2.81. The third-order valence-corrected chi connectivity index (χ3v) is 2.89. The second-order valence-corrected chi connectivity index (χ2v) is 4.10. The number of nitrogens with zero attached hydrogens (tertiary/aromatic N) is 2. The van der Waals surface area contributed by atoms with Crippen LogP contribution in [0.3, 0.4) is 0 Å². The van der Waals surface area contributed by atoms with Gasteiger partial charge in [0.25, 0.3) is 0 Å². The summed E-state index contributed by atoms with van der Waals surface area (Å²) in [4.78, 5) is 5.86. The van der Waals surface area contributed by atoms with E-state index in [1.54, 1.807) is 23.2 Å². The number of aliphatic hydroxyl groups is 1. The van der Waals surface area contributed by atoms with Crippen LogP contribution in [0.5, 0.6) is 0 Å². The topological polar surface area (TPSA) is 36.4 Å². The molecule has 0 atom stereocenters. The van der Waals surface area contributed by atoms with Crippen LogP contribution in [0.25, 0.3) is 0 Å². The van der Waals surface area contributed by atoms with Crippen LogP contribution in [-0.4, -0.2) is 29.4 Å². The predicted octanol–water partition coefficient (Wildman–Crippen LogP) is 2.27. The van der Waals surface area contributed by atoms with Gasteiger partial charge >= 0.3 is 6.18 Å². The van der Waals surface area contributed by atoms with E-state index in [9.17, 15) is 13.2 Å². The highest BCUT2D eigenvalue weighted by atomic mass is 19.4. The van der Waals surface area contributed by atoms with Gasteiger partial charge in [-0.3, -0.25) is 0 Å². The summed E-state index contributed by atoms with van der Waals surface area (Å²) in [6.45, 7) is 0.372. The molecule has 0 saturated carbocycles. The van der Waals surface area contributed by atoms with Crippen molar-refractivity contribution in [1.29, 1.82) is 0 Å². The second kappa shape index (κ2) is 4.97. The van der Waals surface area contributed by atoms with Crippen LogP contribution in [0.2, 0.25) is 0 Å². The van der Waals surface area contributed by atoms with Crippen molar-refractivity contribution in [2.24, 2.45) is 0 Å². The Balaban J connectivity index is 2.11. The molecule has 0 spiro atoms. The molecule has 1 aromatic rings. The first kappa shape index (κ1) is 12.9. The molecule has 0 saturated heterocycles. The van der Waals surface area contributed by atoms with Crippen LogP contribution in [-0.2, 0) is 6.61 Å². The Morgan fingerprint density at radius 2 is 2.17 bits per heavy atom. The van der Waals surface area contributed by atoms with Crippen molar-refractivity contribution in [3.05, 3.63) is 35.5 Å². The van der Waals surface area contributed by atoms with Crippen molar-refractivity contribution < 1.29 is 18.3 Å². The molecule has 0 aromatic carbocycles. The van der Waals surface area contributed by atoms with E-state index in [2.05, 4.69) is 4.98 Å². The normalized spacial score (nSPS) is 16.7. The highest BCUT2D eigenvalue weighted by Gasteiger charge is 2.34. The van der Waals surface area contributed by atoms with Crippen molar-refractivity contribution in [1.82, 2.24) is 4.98 Å². The lowest BCUT2D eigenvalue weighted by Crippen LogP contribution is -2.32. The van der Waals surface area contributed by atoms with Crippen LogP contribution in [0.1, 0.15) is 12.0 Å². The SMILES string of the molecule is OCc1ccnc(N2CC=C(C(F)(F)F)CC2)c1. The zero-order valence-corrected chi connectivity index (χ0v) is 9.61. The molecule has 3 nitrogen and oxygen atoms in total. The van der Waals surface area contributed by atoms with E-state index < -0.39 is 11.7 Å². The van der Waals surface area contributed by atoms with Gasteiger partial charge in [-0.25, -0.2) is 4.98 Å². The maximum atomic E-state index is 12.5. The molecule has 1 aliphatic heterocycles. The predicted molar refractivity (Wildman–Crippen MR) is 61.1 cm³/mol. The minimum absolute atomic E-state index is 0.0332. The summed E-state index contributed by atoms with van der Waals surface area (Å²) in [6.07, 6.45) is -1.53. The maximum absolute atomic E-state index is 12.5. The summed E-state index contributed by atoms with van der Waals surface area (Å²) in [5, 5.41) is 9.00. The van der Waals surface area contributed by atoms with E-state index >= 15 is 0 Å². The van der Waals surface area contributed by atoms with Crippen molar-refractivity contribution in [3.63, 3.8) is 0 Å². The maximum Gasteiger partial charge on any atom is 0.412 e. The average molecular weight is 258 g/mol. The molecule has 0 aliphatic carbocycles. The number of hydrogen-bond donors (Lipinski definition) is 1. The number of aliphatic hydroxyl groups excluding tert-OH is 1.